The molecule has 2 aromatic rings. The maximum Gasteiger partial charge on any atom is 0.252 e. The minimum atomic E-state index is -0.0400. The van der Waals surface area contributed by atoms with Crippen molar-refractivity contribution in [3.63, 3.8) is 0 Å². The van der Waals surface area contributed by atoms with E-state index in [0.717, 1.165) is 22.4 Å². The van der Waals surface area contributed by atoms with Crippen molar-refractivity contribution in [1.82, 2.24) is 15.3 Å². The molecule has 0 aliphatic carbocycles. The maximum absolute atomic E-state index is 12.1. The molecule has 0 fully saturated rings. The number of aromatic nitrogens is 2. The molecule has 1 amide bonds. The largest absolute Gasteiger partial charge is 0.352 e. The minimum absolute atomic E-state index is 0.0400. The average Bonchev–Trinajstić information content (AvgIpc) is 2.48. The van der Waals surface area contributed by atoms with E-state index in [1.165, 1.54) is 6.33 Å². The summed E-state index contributed by atoms with van der Waals surface area (Å²) in [5.74, 6) is -0.0400. The second-order valence-electron chi connectivity index (χ2n) is 3.95. The summed E-state index contributed by atoms with van der Waals surface area (Å²) in [6.07, 6.45) is 7.71. The maximum atomic E-state index is 12.1. The van der Waals surface area contributed by atoms with Gasteiger partial charge >= 0.3 is 0 Å². The Bertz CT molecular complexity index is 545. The molecule has 0 atom stereocenters. The zero-order valence-electron chi connectivity index (χ0n) is 10.7. The summed E-state index contributed by atoms with van der Waals surface area (Å²) in [6, 6.07) is 7.60. The number of carbonyl (C=O) groups is 1. The third-order valence-electron chi connectivity index (χ3n) is 2.66. The van der Waals surface area contributed by atoms with Gasteiger partial charge in [0.25, 0.3) is 5.91 Å². The van der Waals surface area contributed by atoms with Crippen LogP contribution in [-0.2, 0) is 6.42 Å². The van der Waals surface area contributed by atoms with E-state index in [4.69, 9.17) is 0 Å². The van der Waals surface area contributed by atoms with Crippen LogP contribution >= 0.6 is 11.8 Å². The second kappa shape index (κ2) is 6.89. The lowest BCUT2D eigenvalue weighted by molar-refractivity contribution is 0.0951. The third-order valence-corrected chi connectivity index (χ3v) is 3.46. The van der Waals surface area contributed by atoms with Crippen LogP contribution in [0.25, 0.3) is 0 Å². The molecule has 1 aromatic heterocycles. The van der Waals surface area contributed by atoms with E-state index in [-0.39, 0.29) is 5.91 Å². The van der Waals surface area contributed by atoms with E-state index in [0.29, 0.717) is 6.54 Å². The molecule has 19 heavy (non-hydrogen) atoms. The Kier molecular flexibility index (Phi) is 4.92. The van der Waals surface area contributed by atoms with Crippen molar-refractivity contribution < 1.29 is 4.79 Å². The fourth-order valence-corrected chi connectivity index (χ4v) is 2.30. The van der Waals surface area contributed by atoms with Gasteiger partial charge < -0.3 is 5.32 Å². The second-order valence-corrected chi connectivity index (χ2v) is 4.80. The van der Waals surface area contributed by atoms with Crippen molar-refractivity contribution in [3.05, 3.63) is 54.1 Å². The highest BCUT2D eigenvalue weighted by atomic mass is 32.2. The van der Waals surface area contributed by atoms with E-state index >= 15 is 0 Å². The molecule has 0 aliphatic rings. The molecule has 0 unspecified atom stereocenters. The molecule has 4 nitrogen and oxygen atoms in total. The molecule has 0 saturated carbocycles. The number of rotatable bonds is 5. The molecule has 0 spiro atoms. The third kappa shape index (κ3) is 3.79. The van der Waals surface area contributed by atoms with Crippen LogP contribution in [0.4, 0.5) is 0 Å². The molecule has 98 valence electrons. The standard InChI is InChI=1S/C14H15N3OS/c1-19-13-5-3-2-4-12(13)14(18)17-7-6-11-8-15-10-16-9-11/h2-5,8-10H,6-7H2,1H3,(H,17,18). The lowest BCUT2D eigenvalue weighted by atomic mass is 10.2. The summed E-state index contributed by atoms with van der Waals surface area (Å²) in [5, 5.41) is 2.91. The van der Waals surface area contributed by atoms with Crippen molar-refractivity contribution in [2.24, 2.45) is 0 Å². The van der Waals surface area contributed by atoms with Gasteiger partial charge in [0.2, 0.25) is 0 Å². The van der Waals surface area contributed by atoms with E-state index in [2.05, 4.69) is 15.3 Å². The first-order valence-electron chi connectivity index (χ1n) is 5.96. The van der Waals surface area contributed by atoms with Crippen LogP contribution in [-0.4, -0.2) is 28.7 Å². The molecule has 2 rings (SSSR count). The van der Waals surface area contributed by atoms with Gasteiger partial charge in [0.1, 0.15) is 6.33 Å². The first kappa shape index (κ1) is 13.5. The molecular weight excluding hydrogens is 258 g/mol. The smallest absolute Gasteiger partial charge is 0.252 e. The highest BCUT2D eigenvalue weighted by Crippen LogP contribution is 2.19. The molecule has 1 N–H and O–H groups in total. The molecular formula is C14H15N3OS. The minimum Gasteiger partial charge on any atom is -0.352 e. The number of benzene rings is 1. The van der Waals surface area contributed by atoms with Crippen LogP contribution in [0.1, 0.15) is 15.9 Å². The molecule has 0 bridgehead atoms. The molecule has 5 heteroatoms. The van der Waals surface area contributed by atoms with E-state index in [1.807, 2.05) is 30.5 Å². The van der Waals surface area contributed by atoms with E-state index < -0.39 is 0 Å². The summed E-state index contributed by atoms with van der Waals surface area (Å²) in [4.78, 5) is 20.9. The van der Waals surface area contributed by atoms with Gasteiger partial charge in [-0.05, 0) is 30.4 Å². The van der Waals surface area contributed by atoms with Crippen LogP contribution in [0.2, 0.25) is 0 Å². The first-order chi connectivity index (χ1) is 9.31. The number of hydrogen-bond donors (Lipinski definition) is 1. The Morgan fingerprint density at radius 3 is 2.74 bits per heavy atom. The van der Waals surface area contributed by atoms with Gasteiger partial charge in [-0.15, -0.1) is 11.8 Å². The predicted octanol–water partition coefficient (Wildman–Crippen LogP) is 2.17. The fraction of sp³-hybridized carbons (Fsp3) is 0.214. The molecule has 1 heterocycles. The number of nitrogens with zero attached hydrogens (tertiary/aromatic N) is 2. The Labute approximate surface area is 116 Å². The number of thioether (sulfide) groups is 1. The summed E-state index contributed by atoms with van der Waals surface area (Å²) < 4.78 is 0. The van der Waals surface area contributed by atoms with E-state index in [1.54, 1.807) is 24.2 Å². The normalized spacial score (nSPS) is 10.2. The summed E-state index contributed by atoms with van der Waals surface area (Å²) in [7, 11) is 0. The summed E-state index contributed by atoms with van der Waals surface area (Å²) in [5.41, 5.74) is 1.74. The Balaban J connectivity index is 1.91. The number of amides is 1. The highest BCUT2D eigenvalue weighted by molar-refractivity contribution is 7.98. The van der Waals surface area contributed by atoms with Gasteiger partial charge in [0.05, 0.1) is 5.56 Å². The SMILES string of the molecule is CSc1ccccc1C(=O)NCCc1cncnc1. The van der Waals surface area contributed by atoms with Crippen molar-refractivity contribution in [3.8, 4) is 0 Å². The lowest BCUT2D eigenvalue weighted by Gasteiger charge is -2.08. The van der Waals surface area contributed by atoms with Crippen LogP contribution in [0, 0.1) is 0 Å². The fourth-order valence-electron chi connectivity index (χ4n) is 1.71. The lowest BCUT2D eigenvalue weighted by Crippen LogP contribution is -2.26. The Hall–Kier alpha value is -1.88. The van der Waals surface area contributed by atoms with Gasteiger partial charge in [-0.1, -0.05) is 12.1 Å². The summed E-state index contributed by atoms with van der Waals surface area (Å²) >= 11 is 1.57. The quantitative estimate of drug-likeness (QED) is 0.848. The van der Waals surface area contributed by atoms with Crippen molar-refractivity contribution in [2.45, 2.75) is 11.3 Å². The highest BCUT2D eigenvalue weighted by Gasteiger charge is 2.09. The van der Waals surface area contributed by atoms with Crippen molar-refractivity contribution in [2.75, 3.05) is 12.8 Å². The van der Waals surface area contributed by atoms with Crippen LogP contribution in [0.15, 0.2) is 47.9 Å². The topological polar surface area (TPSA) is 54.9 Å². The number of nitrogens with one attached hydrogen (secondary N) is 1. The zero-order valence-corrected chi connectivity index (χ0v) is 11.5. The predicted molar refractivity (Wildman–Crippen MR) is 76.3 cm³/mol. The first-order valence-corrected chi connectivity index (χ1v) is 7.19. The van der Waals surface area contributed by atoms with Gasteiger partial charge in [0, 0.05) is 23.8 Å². The van der Waals surface area contributed by atoms with Gasteiger partial charge in [-0.25, -0.2) is 9.97 Å². The number of hydrogen-bond acceptors (Lipinski definition) is 4. The molecule has 0 aliphatic heterocycles. The molecule has 1 aromatic carbocycles. The summed E-state index contributed by atoms with van der Waals surface area (Å²) in [6.45, 7) is 0.578. The van der Waals surface area contributed by atoms with Gasteiger partial charge in [0.15, 0.2) is 0 Å². The van der Waals surface area contributed by atoms with Crippen molar-refractivity contribution >= 4 is 17.7 Å². The zero-order chi connectivity index (χ0) is 13.5. The molecule has 0 radical (unpaired) electrons. The van der Waals surface area contributed by atoms with Crippen LogP contribution in [0.3, 0.4) is 0 Å². The Morgan fingerprint density at radius 1 is 1.26 bits per heavy atom. The van der Waals surface area contributed by atoms with Crippen molar-refractivity contribution in [1.29, 1.82) is 0 Å². The van der Waals surface area contributed by atoms with E-state index in [9.17, 15) is 4.79 Å². The van der Waals surface area contributed by atoms with Gasteiger partial charge in [-0.2, -0.15) is 0 Å². The average molecular weight is 273 g/mol. The Morgan fingerprint density at radius 2 is 2.00 bits per heavy atom. The van der Waals surface area contributed by atoms with Crippen LogP contribution < -0.4 is 5.32 Å². The monoisotopic (exact) mass is 273 g/mol. The number of carbonyl (C=O) groups excluding carboxylic acids is 1. The molecule has 0 saturated heterocycles. The van der Waals surface area contributed by atoms with Gasteiger partial charge in [-0.3, -0.25) is 4.79 Å². The van der Waals surface area contributed by atoms with Crippen LogP contribution in [0.5, 0.6) is 0 Å².